The van der Waals surface area contributed by atoms with Gasteiger partial charge in [0.1, 0.15) is 0 Å². The Balaban J connectivity index is 0.00000314. The molecule has 2 heteroatoms. The molecule has 0 saturated heterocycles. The van der Waals surface area contributed by atoms with Gasteiger partial charge in [-0.2, -0.15) is 0 Å². The molecule has 0 fully saturated rings. The van der Waals surface area contributed by atoms with Crippen molar-refractivity contribution in [3.63, 3.8) is 0 Å². The fourth-order valence-corrected chi connectivity index (χ4v) is 8.64. The van der Waals surface area contributed by atoms with Crippen LogP contribution in [0.15, 0.2) is 146 Å². The summed E-state index contributed by atoms with van der Waals surface area (Å²) in [6.07, 6.45) is 1.92. The number of fused-ring (bicyclic) bond motifs is 12. The number of rotatable bonds is 2. The first-order chi connectivity index (χ1) is 23.1. The molecule has 0 N–H and O–H groups in total. The molecule has 1 spiro atoms. The van der Waals surface area contributed by atoms with Crippen molar-refractivity contribution in [2.45, 2.75) is 19.3 Å². The van der Waals surface area contributed by atoms with Crippen LogP contribution >= 0.6 is 0 Å². The first-order valence-corrected chi connectivity index (χ1v) is 16.4. The average molecular weight is 789 g/mol. The number of aromatic nitrogens is 1. The summed E-state index contributed by atoms with van der Waals surface area (Å²) in [6.45, 7) is 4.40. The minimum absolute atomic E-state index is 0. The van der Waals surface area contributed by atoms with E-state index in [2.05, 4.69) is 153 Å². The third-order valence-electron chi connectivity index (χ3n) is 10.8. The number of nitrogens with zero attached hydrogens (tertiary/aromatic N) is 1. The molecule has 1 radical (unpaired) electrons. The third-order valence-corrected chi connectivity index (χ3v) is 10.8. The number of aryl methyl sites for hydroxylation is 2. The van der Waals surface area contributed by atoms with Gasteiger partial charge in [0.2, 0.25) is 0 Å². The average Bonchev–Trinajstić information content (AvgIpc) is 3.59. The Kier molecular flexibility index (Phi) is 6.46. The monoisotopic (exact) mass is 789 g/mol. The zero-order valence-corrected chi connectivity index (χ0v) is 29.0. The van der Waals surface area contributed by atoms with Crippen molar-refractivity contribution in [3.05, 3.63) is 185 Å². The predicted octanol–water partition coefficient (Wildman–Crippen LogP) is 11.5. The second kappa shape index (κ2) is 10.7. The van der Waals surface area contributed by atoms with Crippen molar-refractivity contribution >= 4 is 21.5 Å². The number of benzene rings is 7. The third kappa shape index (κ3) is 3.79. The Morgan fingerprint density at radius 3 is 1.58 bits per heavy atom. The van der Waals surface area contributed by atoms with Crippen molar-refractivity contribution < 1.29 is 20.1 Å². The molecule has 0 saturated carbocycles. The van der Waals surface area contributed by atoms with E-state index in [4.69, 9.17) is 4.98 Å². The largest absolute Gasteiger partial charge is 0.304 e. The van der Waals surface area contributed by atoms with Gasteiger partial charge in [0.25, 0.3) is 0 Å². The zero-order chi connectivity index (χ0) is 31.3. The van der Waals surface area contributed by atoms with Gasteiger partial charge in [-0.05, 0) is 115 Å². The quantitative estimate of drug-likeness (QED) is 0.159. The first-order valence-electron chi connectivity index (χ1n) is 16.4. The van der Waals surface area contributed by atoms with E-state index in [0.29, 0.717) is 0 Å². The normalized spacial score (nSPS) is 13.2. The van der Waals surface area contributed by atoms with Crippen LogP contribution in [0.3, 0.4) is 0 Å². The van der Waals surface area contributed by atoms with Gasteiger partial charge in [-0.1, -0.05) is 109 Å². The standard InChI is InChI=1S/C46H30N.Ir/c1-28-17-21-34(36-12-5-3-10-32(28)36)30-19-23-38-39-24-20-31(35-22-18-29(2)33-11-4-6-13-37(33)35)27-44(39)46(43(38)26-30)41-15-8-7-14-40(41)45-42(46)16-9-25-47-45;/h3-13,15-27H,1-2H3;/q-1;. The minimum atomic E-state index is -0.506. The molecule has 2 aliphatic rings. The molecule has 1 nitrogen and oxygen atoms in total. The summed E-state index contributed by atoms with van der Waals surface area (Å²) in [4.78, 5) is 5.00. The van der Waals surface area contributed by atoms with Gasteiger partial charge in [0.05, 0.1) is 0 Å². The Labute approximate surface area is 294 Å². The van der Waals surface area contributed by atoms with Crippen molar-refractivity contribution in [1.82, 2.24) is 4.98 Å². The molecule has 8 aromatic rings. The number of pyridine rings is 1. The van der Waals surface area contributed by atoms with E-state index >= 15 is 0 Å². The molecule has 10 rings (SSSR count). The Hall–Kier alpha value is -5.14. The molecule has 2 aliphatic carbocycles. The first kappa shape index (κ1) is 29.0. The number of hydrogen-bond donors (Lipinski definition) is 0. The van der Waals surface area contributed by atoms with Gasteiger partial charge >= 0.3 is 0 Å². The van der Waals surface area contributed by atoms with Crippen molar-refractivity contribution in [2.75, 3.05) is 0 Å². The van der Waals surface area contributed by atoms with Crippen LogP contribution in [0.4, 0.5) is 0 Å². The summed E-state index contributed by atoms with van der Waals surface area (Å²) >= 11 is 0. The molecule has 0 bridgehead atoms. The summed E-state index contributed by atoms with van der Waals surface area (Å²) in [5, 5.41) is 5.17. The van der Waals surface area contributed by atoms with Crippen molar-refractivity contribution in [1.29, 1.82) is 0 Å². The molecule has 48 heavy (non-hydrogen) atoms. The van der Waals surface area contributed by atoms with Crippen molar-refractivity contribution in [2.24, 2.45) is 0 Å². The SMILES string of the molecule is Cc1ccc(-c2ccc3c(c2)C2(c4ccc[c-]c4-c4ncccc42)c2cc(-c4ccc(C)c5ccccc45)ccc2-3)c2ccccc12.[Ir]. The second-order valence-electron chi connectivity index (χ2n) is 13.1. The van der Waals surface area contributed by atoms with E-state index in [0.717, 1.165) is 11.3 Å². The molecule has 0 amide bonds. The Morgan fingerprint density at radius 2 is 1.00 bits per heavy atom. The maximum absolute atomic E-state index is 5.00. The van der Waals surface area contributed by atoms with E-state index in [1.807, 2.05) is 12.3 Å². The molecule has 0 atom stereocenters. The van der Waals surface area contributed by atoms with Crippen LogP contribution in [0.1, 0.15) is 33.4 Å². The van der Waals surface area contributed by atoms with Gasteiger partial charge in [-0.15, -0.1) is 35.4 Å². The summed E-state index contributed by atoms with van der Waals surface area (Å²) < 4.78 is 0. The fraction of sp³-hybridized carbons (Fsp3) is 0.0652. The number of hydrogen-bond acceptors (Lipinski definition) is 1. The van der Waals surface area contributed by atoms with Gasteiger partial charge in [-0.25, -0.2) is 0 Å². The molecular formula is C46H30IrN-. The predicted molar refractivity (Wildman–Crippen MR) is 195 cm³/mol. The molecule has 7 aromatic carbocycles. The molecule has 229 valence electrons. The molecule has 0 aliphatic heterocycles. The van der Waals surface area contributed by atoms with Crippen LogP contribution in [0.25, 0.3) is 66.2 Å². The summed E-state index contributed by atoms with van der Waals surface area (Å²) in [5.41, 5.74) is 16.9. The minimum Gasteiger partial charge on any atom is -0.304 e. The maximum Gasteiger partial charge on any atom is 0.0314 e. The van der Waals surface area contributed by atoms with Gasteiger partial charge in [-0.3, -0.25) is 0 Å². The topological polar surface area (TPSA) is 12.9 Å². The van der Waals surface area contributed by atoms with Crippen LogP contribution in [0, 0.1) is 19.9 Å². The molecule has 0 unspecified atom stereocenters. The summed E-state index contributed by atoms with van der Waals surface area (Å²) in [7, 11) is 0. The molecular weight excluding hydrogens is 759 g/mol. The summed E-state index contributed by atoms with van der Waals surface area (Å²) in [6, 6.07) is 55.4. The zero-order valence-electron chi connectivity index (χ0n) is 26.6. The van der Waals surface area contributed by atoms with Crippen LogP contribution in [-0.2, 0) is 25.5 Å². The van der Waals surface area contributed by atoms with Gasteiger partial charge in [0, 0.05) is 31.7 Å². The van der Waals surface area contributed by atoms with E-state index in [-0.39, 0.29) is 20.1 Å². The maximum atomic E-state index is 5.00. The smallest absolute Gasteiger partial charge is 0.0314 e. The fourth-order valence-electron chi connectivity index (χ4n) is 8.64. The van der Waals surface area contributed by atoms with Gasteiger partial charge < -0.3 is 4.98 Å². The Bertz CT molecular complexity index is 2430. The van der Waals surface area contributed by atoms with Crippen LogP contribution in [0.5, 0.6) is 0 Å². The molecule has 1 heterocycles. The Morgan fingerprint density at radius 1 is 0.479 bits per heavy atom. The van der Waals surface area contributed by atoms with Crippen LogP contribution < -0.4 is 0 Å². The summed E-state index contributed by atoms with van der Waals surface area (Å²) in [5.74, 6) is 0. The van der Waals surface area contributed by atoms with Gasteiger partial charge in [0.15, 0.2) is 0 Å². The van der Waals surface area contributed by atoms with Crippen molar-refractivity contribution in [3.8, 4) is 44.6 Å². The molecule has 1 aromatic heterocycles. The van der Waals surface area contributed by atoms with Crippen LogP contribution in [-0.4, -0.2) is 4.98 Å². The second-order valence-corrected chi connectivity index (χ2v) is 13.1. The van der Waals surface area contributed by atoms with E-state index in [1.54, 1.807) is 0 Å². The van der Waals surface area contributed by atoms with E-state index in [9.17, 15) is 0 Å². The van der Waals surface area contributed by atoms with E-state index < -0.39 is 5.41 Å². The van der Waals surface area contributed by atoms with Crippen LogP contribution in [0.2, 0.25) is 0 Å². The van der Waals surface area contributed by atoms with E-state index in [1.165, 1.54) is 88.3 Å².